The van der Waals surface area contributed by atoms with Crippen LogP contribution in [-0.2, 0) is 12.8 Å². The highest BCUT2D eigenvalue weighted by Crippen LogP contribution is 2.28. The van der Waals surface area contributed by atoms with Crippen LogP contribution in [0.5, 0.6) is 5.75 Å². The Morgan fingerprint density at radius 1 is 1.23 bits per heavy atom. The van der Waals surface area contributed by atoms with Gasteiger partial charge in [-0.05, 0) is 54.3 Å². The molecule has 2 rings (SSSR count). The van der Waals surface area contributed by atoms with Gasteiger partial charge in [0.15, 0.2) is 0 Å². The number of rotatable bonds is 5. The normalized spacial score (nSPS) is 10.5. The van der Waals surface area contributed by atoms with Gasteiger partial charge >= 0.3 is 6.61 Å². The van der Waals surface area contributed by atoms with Crippen LogP contribution in [0.15, 0.2) is 40.9 Å². The molecule has 0 aromatic heterocycles. The second-order valence-electron chi connectivity index (χ2n) is 4.51. The molecular formula is C16H11BrClF2NO. The molecule has 0 aliphatic carbocycles. The Bertz CT molecular complexity index is 716. The molecule has 0 atom stereocenters. The van der Waals surface area contributed by atoms with Crippen LogP contribution in [0.4, 0.5) is 8.78 Å². The molecule has 0 saturated carbocycles. The van der Waals surface area contributed by atoms with Crippen molar-refractivity contribution >= 4 is 27.5 Å². The van der Waals surface area contributed by atoms with Crippen molar-refractivity contribution in [2.24, 2.45) is 0 Å². The summed E-state index contributed by atoms with van der Waals surface area (Å²) >= 11 is 9.43. The summed E-state index contributed by atoms with van der Waals surface area (Å²) in [6.07, 6.45) is 0.887. The van der Waals surface area contributed by atoms with Gasteiger partial charge in [0, 0.05) is 9.50 Å². The number of halogens is 4. The summed E-state index contributed by atoms with van der Waals surface area (Å²) in [7, 11) is 0. The van der Waals surface area contributed by atoms with Crippen LogP contribution < -0.4 is 4.74 Å². The van der Waals surface area contributed by atoms with Gasteiger partial charge in [-0.25, -0.2) is 0 Å². The first kappa shape index (κ1) is 16.7. The summed E-state index contributed by atoms with van der Waals surface area (Å²) in [5, 5.41) is 9.61. The Kier molecular flexibility index (Phi) is 5.76. The van der Waals surface area contributed by atoms with Gasteiger partial charge in [-0.15, -0.1) is 0 Å². The van der Waals surface area contributed by atoms with Gasteiger partial charge < -0.3 is 4.74 Å². The molecule has 114 valence electrons. The molecule has 0 radical (unpaired) electrons. The van der Waals surface area contributed by atoms with Crippen LogP contribution in [0.2, 0.25) is 5.02 Å². The molecule has 0 N–H and O–H groups in total. The third-order valence-electron chi connectivity index (χ3n) is 3.12. The third-order valence-corrected chi connectivity index (χ3v) is 3.97. The molecule has 6 heteroatoms. The van der Waals surface area contributed by atoms with Crippen molar-refractivity contribution < 1.29 is 13.5 Å². The van der Waals surface area contributed by atoms with E-state index in [1.165, 1.54) is 6.07 Å². The average molecular weight is 387 g/mol. The maximum Gasteiger partial charge on any atom is 0.387 e. The molecular weight excluding hydrogens is 376 g/mol. The summed E-state index contributed by atoms with van der Waals surface area (Å²) in [6.45, 7) is -2.88. The SMILES string of the molecule is N#Cc1cccc(Cl)c1CCc1cc(Br)ccc1OC(F)F. The number of hydrogen-bond acceptors (Lipinski definition) is 2. The van der Waals surface area contributed by atoms with Gasteiger partial charge in [0.05, 0.1) is 11.6 Å². The van der Waals surface area contributed by atoms with E-state index in [1.807, 2.05) is 0 Å². The summed E-state index contributed by atoms with van der Waals surface area (Å²) in [5.74, 6) is 0.128. The van der Waals surface area contributed by atoms with Gasteiger partial charge in [0.25, 0.3) is 0 Å². The zero-order chi connectivity index (χ0) is 16.1. The smallest absolute Gasteiger partial charge is 0.387 e. The molecule has 0 saturated heterocycles. The topological polar surface area (TPSA) is 33.0 Å². The maximum absolute atomic E-state index is 12.4. The molecule has 0 amide bonds. The second kappa shape index (κ2) is 7.57. The zero-order valence-electron chi connectivity index (χ0n) is 11.3. The van der Waals surface area contributed by atoms with E-state index in [4.69, 9.17) is 16.9 Å². The van der Waals surface area contributed by atoms with Gasteiger partial charge in [-0.1, -0.05) is 33.6 Å². The Labute approximate surface area is 140 Å². The number of alkyl halides is 2. The lowest BCUT2D eigenvalue weighted by Gasteiger charge is -2.12. The van der Waals surface area contributed by atoms with E-state index < -0.39 is 6.61 Å². The molecule has 0 aliphatic rings. The first-order valence-electron chi connectivity index (χ1n) is 6.42. The molecule has 2 nitrogen and oxygen atoms in total. The van der Waals surface area contributed by atoms with Crippen molar-refractivity contribution in [3.63, 3.8) is 0 Å². The van der Waals surface area contributed by atoms with E-state index in [2.05, 4.69) is 26.7 Å². The number of aryl methyl sites for hydroxylation is 1. The van der Waals surface area contributed by atoms with Crippen LogP contribution >= 0.6 is 27.5 Å². The fraction of sp³-hybridized carbons (Fsp3) is 0.188. The predicted molar refractivity (Wildman–Crippen MR) is 84.3 cm³/mol. The lowest BCUT2D eigenvalue weighted by molar-refractivity contribution is -0.0504. The first-order chi connectivity index (χ1) is 10.5. The zero-order valence-corrected chi connectivity index (χ0v) is 13.7. The van der Waals surface area contributed by atoms with Gasteiger partial charge in [0.2, 0.25) is 0 Å². The Hall–Kier alpha value is -1.64. The lowest BCUT2D eigenvalue weighted by atomic mass is 10.00. The van der Waals surface area contributed by atoms with Crippen LogP contribution in [0.25, 0.3) is 0 Å². The van der Waals surface area contributed by atoms with Crippen molar-refractivity contribution in [1.29, 1.82) is 5.26 Å². The van der Waals surface area contributed by atoms with Crippen molar-refractivity contribution in [3.05, 3.63) is 62.6 Å². The highest BCUT2D eigenvalue weighted by molar-refractivity contribution is 9.10. The molecule has 0 unspecified atom stereocenters. The molecule has 0 fully saturated rings. The average Bonchev–Trinajstić information content (AvgIpc) is 2.47. The Morgan fingerprint density at radius 2 is 2.00 bits per heavy atom. The Balaban J connectivity index is 2.25. The van der Waals surface area contributed by atoms with E-state index in [0.29, 0.717) is 34.6 Å². The first-order valence-corrected chi connectivity index (χ1v) is 7.59. The van der Waals surface area contributed by atoms with E-state index in [-0.39, 0.29) is 5.75 Å². The van der Waals surface area contributed by atoms with E-state index in [9.17, 15) is 8.78 Å². The minimum absolute atomic E-state index is 0.128. The van der Waals surface area contributed by atoms with Crippen LogP contribution in [0.1, 0.15) is 16.7 Å². The standard InChI is InChI=1S/C16H11BrClF2NO/c17-12-5-7-15(22-16(19)20)10(8-12)4-6-13-11(9-21)2-1-3-14(13)18/h1-3,5,7-8,16H,4,6H2. The molecule has 0 aliphatic heterocycles. The van der Waals surface area contributed by atoms with Gasteiger partial charge in [0.1, 0.15) is 5.75 Å². The quantitative estimate of drug-likeness (QED) is 0.693. The second-order valence-corrected chi connectivity index (χ2v) is 5.83. The minimum Gasteiger partial charge on any atom is -0.435 e. The van der Waals surface area contributed by atoms with Crippen LogP contribution in [0, 0.1) is 11.3 Å². The van der Waals surface area contributed by atoms with Crippen LogP contribution in [0.3, 0.4) is 0 Å². The number of ether oxygens (including phenoxy) is 1. The van der Waals surface area contributed by atoms with Crippen molar-refractivity contribution in [2.45, 2.75) is 19.5 Å². The largest absolute Gasteiger partial charge is 0.435 e. The number of nitriles is 1. The fourth-order valence-corrected chi connectivity index (χ4v) is 2.81. The van der Waals surface area contributed by atoms with E-state index in [1.54, 1.807) is 30.3 Å². The highest BCUT2D eigenvalue weighted by Gasteiger charge is 2.12. The third kappa shape index (κ3) is 4.19. The molecule has 0 spiro atoms. The molecule has 2 aromatic carbocycles. The van der Waals surface area contributed by atoms with Crippen molar-refractivity contribution in [3.8, 4) is 11.8 Å². The number of benzene rings is 2. The summed E-state index contributed by atoms with van der Waals surface area (Å²) in [4.78, 5) is 0. The van der Waals surface area contributed by atoms with E-state index >= 15 is 0 Å². The van der Waals surface area contributed by atoms with E-state index in [0.717, 1.165) is 4.47 Å². The summed E-state index contributed by atoms with van der Waals surface area (Å²) < 4.78 is 30.2. The molecule has 22 heavy (non-hydrogen) atoms. The fourth-order valence-electron chi connectivity index (χ4n) is 2.13. The summed E-state index contributed by atoms with van der Waals surface area (Å²) in [5.41, 5.74) is 1.81. The van der Waals surface area contributed by atoms with Gasteiger partial charge in [-0.3, -0.25) is 0 Å². The monoisotopic (exact) mass is 385 g/mol. The lowest BCUT2D eigenvalue weighted by Crippen LogP contribution is -2.05. The summed E-state index contributed by atoms with van der Waals surface area (Å²) in [6, 6.07) is 12.0. The molecule has 2 aromatic rings. The number of hydrogen-bond donors (Lipinski definition) is 0. The van der Waals surface area contributed by atoms with Crippen LogP contribution in [-0.4, -0.2) is 6.61 Å². The van der Waals surface area contributed by atoms with Gasteiger partial charge in [-0.2, -0.15) is 14.0 Å². The number of nitrogens with zero attached hydrogens (tertiary/aromatic N) is 1. The molecule has 0 heterocycles. The predicted octanol–water partition coefficient (Wildman–Crippen LogP) is 5.36. The molecule has 0 bridgehead atoms. The Morgan fingerprint density at radius 3 is 2.68 bits per heavy atom. The minimum atomic E-state index is -2.88. The highest BCUT2D eigenvalue weighted by atomic mass is 79.9. The van der Waals surface area contributed by atoms with Crippen molar-refractivity contribution in [2.75, 3.05) is 0 Å². The van der Waals surface area contributed by atoms with Crippen molar-refractivity contribution in [1.82, 2.24) is 0 Å². The maximum atomic E-state index is 12.4.